The monoisotopic (exact) mass is 355 g/mol. The average molecular weight is 356 g/mol. The Morgan fingerprint density at radius 1 is 1.29 bits per heavy atom. The van der Waals surface area contributed by atoms with Crippen LogP contribution in [0.5, 0.6) is 11.5 Å². The number of aliphatic hydroxyl groups excluding tert-OH is 1. The van der Waals surface area contributed by atoms with E-state index in [9.17, 15) is 19.6 Å². The molecular formula is C14H11BrFNO4. The average Bonchev–Trinajstić information content (AvgIpc) is 2.41. The van der Waals surface area contributed by atoms with Crippen molar-refractivity contribution in [1.29, 1.82) is 0 Å². The Kier molecular flexibility index (Phi) is 4.54. The SMILES string of the molecule is C[C@H](O)c1ccc(Oc2ccc(F)cc2Br)c([N+](=O)[O-])c1. The predicted molar refractivity (Wildman–Crippen MR) is 77.9 cm³/mol. The number of nitrogens with zero attached hydrogens (tertiary/aromatic N) is 1. The van der Waals surface area contributed by atoms with Crippen LogP contribution in [-0.4, -0.2) is 10.0 Å². The number of nitro benzene ring substituents is 1. The molecule has 0 aliphatic carbocycles. The van der Waals surface area contributed by atoms with Gasteiger partial charge in [-0.3, -0.25) is 10.1 Å². The lowest BCUT2D eigenvalue weighted by molar-refractivity contribution is -0.385. The number of nitro groups is 1. The highest BCUT2D eigenvalue weighted by Crippen LogP contribution is 2.36. The molecule has 0 aromatic heterocycles. The van der Waals surface area contributed by atoms with E-state index in [1.54, 1.807) is 0 Å². The molecule has 0 saturated carbocycles. The molecule has 0 aliphatic heterocycles. The highest BCUT2D eigenvalue weighted by atomic mass is 79.9. The minimum absolute atomic E-state index is 0.0108. The first-order valence-corrected chi connectivity index (χ1v) is 6.77. The molecule has 2 aromatic rings. The van der Waals surface area contributed by atoms with Gasteiger partial charge in [0.25, 0.3) is 0 Å². The summed E-state index contributed by atoms with van der Waals surface area (Å²) in [6.45, 7) is 1.51. The van der Waals surface area contributed by atoms with Crippen LogP contribution in [0, 0.1) is 15.9 Å². The smallest absolute Gasteiger partial charge is 0.311 e. The van der Waals surface area contributed by atoms with Crippen molar-refractivity contribution in [3.63, 3.8) is 0 Å². The van der Waals surface area contributed by atoms with E-state index in [2.05, 4.69) is 15.9 Å². The van der Waals surface area contributed by atoms with E-state index < -0.39 is 16.8 Å². The summed E-state index contributed by atoms with van der Waals surface area (Å²) in [6, 6.07) is 7.94. The number of hydrogen-bond donors (Lipinski definition) is 1. The Balaban J connectivity index is 2.41. The van der Waals surface area contributed by atoms with Crippen molar-refractivity contribution in [3.8, 4) is 11.5 Å². The fourth-order valence-corrected chi connectivity index (χ4v) is 2.13. The zero-order valence-corrected chi connectivity index (χ0v) is 12.5. The summed E-state index contributed by atoms with van der Waals surface area (Å²) in [5.74, 6) is -0.186. The van der Waals surface area contributed by atoms with E-state index in [-0.39, 0.29) is 17.2 Å². The van der Waals surface area contributed by atoms with Gasteiger partial charge in [0.1, 0.15) is 11.6 Å². The normalized spacial score (nSPS) is 12.0. The molecule has 0 fully saturated rings. The molecule has 21 heavy (non-hydrogen) atoms. The molecule has 0 unspecified atom stereocenters. The Morgan fingerprint density at radius 2 is 1.95 bits per heavy atom. The maximum atomic E-state index is 13.0. The molecule has 110 valence electrons. The minimum Gasteiger partial charge on any atom is -0.449 e. The molecule has 2 aromatic carbocycles. The van der Waals surface area contributed by atoms with Crippen molar-refractivity contribution in [2.45, 2.75) is 13.0 Å². The third-order valence-electron chi connectivity index (χ3n) is 2.78. The molecule has 5 nitrogen and oxygen atoms in total. The quantitative estimate of drug-likeness (QED) is 0.653. The second kappa shape index (κ2) is 6.19. The van der Waals surface area contributed by atoms with Gasteiger partial charge in [0, 0.05) is 6.07 Å². The molecule has 0 spiro atoms. The van der Waals surface area contributed by atoms with Crippen LogP contribution in [0.25, 0.3) is 0 Å². The van der Waals surface area contributed by atoms with E-state index in [4.69, 9.17) is 4.74 Å². The van der Waals surface area contributed by atoms with Gasteiger partial charge in [0.2, 0.25) is 5.75 Å². The van der Waals surface area contributed by atoms with Gasteiger partial charge in [0.15, 0.2) is 0 Å². The van der Waals surface area contributed by atoms with Crippen molar-refractivity contribution < 1.29 is 19.2 Å². The van der Waals surface area contributed by atoms with Crippen molar-refractivity contribution in [2.75, 3.05) is 0 Å². The molecule has 1 N–H and O–H groups in total. The standard InChI is InChI=1S/C14H11BrFNO4/c1-8(18)9-2-4-14(12(6-9)17(19)20)21-13-5-3-10(16)7-11(13)15/h2-8,18H,1H3/t8-/m0/s1. The number of ether oxygens (including phenoxy) is 1. The topological polar surface area (TPSA) is 72.6 Å². The van der Waals surface area contributed by atoms with Gasteiger partial charge >= 0.3 is 5.69 Å². The van der Waals surface area contributed by atoms with Gasteiger partial charge in [-0.1, -0.05) is 6.07 Å². The summed E-state index contributed by atoms with van der Waals surface area (Å²) in [5, 5.41) is 20.6. The molecular weight excluding hydrogens is 345 g/mol. The van der Waals surface area contributed by atoms with Gasteiger partial charge in [-0.25, -0.2) is 4.39 Å². The van der Waals surface area contributed by atoms with Gasteiger partial charge < -0.3 is 9.84 Å². The van der Waals surface area contributed by atoms with Crippen LogP contribution < -0.4 is 4.74 Å². The third kappa shape index (κ3) is 3.56. The lowest BCUT2D eigenvalue weighted by atomic mass is 10.1. The highest BCUT2D eigenvalue weighted by Gasteiger charge is 2.19. The summed E-state index contributed by atoms with van der Waals surface area (Å²) in [5.41, 5.74) is 0.136. The number of aliphatic hydroxyl groups is 1. The fourth-order valence-electron chi connectivity index (χ4n) is 1.70. The van der Waals surface area contributed by atoms with E-state index in [1.165, 1.54) is 43.3 Å². The first-order chi connectivity index (χ1) is 9.88. The molecule has 0 radical (unpaired) electrons. The molecule has 7 heteroatoms. The number of hydrogen-bond acceptors (Lipinski definition) is 4. The minimum atomic E-state index is -0.824. The summed E-state index contributed by atoms with van der Waals surface area (Å²) in [4.78, 5) is 10.5. The molecule has 0 saturated heterocycles. The largest absolute Gasteiger partial charge is 0.449 e. The van der Waals surface area contributed by atoms with Crippen molar-refractivity contribution in [1.82, 2.24) is 0 Å². The maximum absolute atomic E-state index is 13.0. The lowest BCUT2D eigenvalue weighted by Gasteiger charge is -2.10. The second-order valence-corrected chi connectivity index (χ2v) is 5.19. The molecule has 0 aliphatic rings. The fraction of sp³-hybridized carbons (Fsp3) is 0.143. The van der Waals surface area contributed by atoms with E-state index in [0.717, 1.165) is 0 Å². The number of halogens is 2. The first-order valence-electron chi connectivity index (χ1n) is 5.98. The van der Waals surface area contributed by atoms with Crippen LogP contribution in [0.3, 0.4) is 0 Å². The van der Waals surface area contributed by atoms with Crippen LogP contribution in [0.4, 0.5) is 10.1 Å². The zero-order valence-electron chi connectivity index (χ0n) is 10.9. The van der Waals surface area contributed by atoms with Gasteiger partial charge in [0.05, 0.1) is 15.5 Å². The lowest BCUT2D eigenvalue weighted by Crippen LogP contribution is -1.98. The van der Waals surface area contributed by atoms with Crippen molar-refractivity contribution >= 4 is 21.6 Å². The van der Waals surface area contributed by atoms with Gasteiger partial charge in [-0.2, -0.15) is 0 Å². The molecule has 1 atom stereocenters. The maximum Gasteiger partial charge on any atom is 0.311 e. The van der Waals surface area contributed by atoms with E-state index in [1.807, 2.05) is 0 Å². The Labute approximate surface area is 128 Å². The Bertz CT molecular complexity index is 691. The van der Waals surface area contributed by atoms with Crippen LogP contribution >= 0.6 is 15.9 Å². The van der Waals surface area contributed by atoms with E-state index in [0.29, 0.717) is 10.0 Å². The first kappa shape index (κ1) is 15.4. The Hall–Kier alpha value is -1.99. The van der Waals surface area contributed by atoms with Gasteiger partial charge in [-0.15, -0.1) is 0 Å². The molecule has 0 amide bonds. The van der Waals surface area contributed by atoms with Crippen LogP contribution in [-0.2, 0) is 0 Å². The highest BCUT2D eigenvalue weighted by molar-refractivity contribution is 9.10. The molecule has 0 bridgehead atoms. The molecule has 2 rings (SSSR count). The number of rotatable bonds is 4. The zero-order chi connectivity index (χ0) is 15.6. The van der Waals surface area contributed by atoms with Crippen molar-refractivity contribution in [2.24, 2.45) is 0 Å². The second-order valence-electron chi connectivity index (χ2n) is 4.34. The summed E-state index contributed by atoms with van der Waals surface area (Å²) in [6.07, 6.45) is -0.824. The third-order valence-corrected chi connectivity index (χ3v) is 3.40. The van der Waals surface area contributed by atoms with E-state index >= 15 is 0 Å². The van der Waals surface area contributed by atoms with Gasteiger partial charge in [-0.05, 0) is 52.7 Å². The number of benzene rings is 2. The van der Waals surface area contributed by atoms with Crippen molar-refractivity contribution in [3.05, 3.63) is 62.4 Å². The summed E-state index contributed by atoms with van der Waals surface area (Å²) >= 11 is 3.13. The summed E-state index contributed by atoms with van der Waals surface area (Å²) < 4.78 is 18.8. The summed E-state index contributed by atoms with van der Waals surface area (Å²) in [7, 11) is 0. The van der Waals surface area contributed by atoms with Crippen LogP contribution in [0.1, 0.15) is 18.6 Å². The van der Waals surface area contributed by atoms with Crippen LogP contribution in [0.15, 0.2) is 40.9 Å². The van der Waals surface area contributed by atoms with Crippen LogP contribution in [0.2, 0.25) is 0 Å². The Morgan fingerprint density at radius 3 is 2.52 bits per heavy atom. The predicted octanol–water partition coefficient (Wildman–Crippen LogP) is 4.34. The molecule has 0 heterocycles.